The molecule has 0 atom stereocenters. The average molecular weight is 773 g/mol. The van der Waals surface area contributed by atoms with Gasteiger partial charge >= 0.3 is 0 Å². The lowest BCUT2D eigenvalue weighted by Crippen LogP contribution is -1.91. The average Bonchev–Trinajstić information content (AvgIpc) is 3.83. The molecular formula is C54H32N2S2. The van der Waals surface area contributed by atoms with E-state index >= 15 is 0 Å². The zero-order chi connectivity index (χ0) is 37.9. The molecule has 0 spiro atoms. The fraction of sp³-hybridized carbons (Fsp3) is 0. The molecule has 0 aliphatic heterocycles. The number of fused-ring (bicyclic) bond motifs is 12. The molecule has 0 aliphatic rings. The third kappa shape index (κ3) is 4.47. The molecule has 0 radical (unpaired) electrons. The minimum atomic E-state index is 1.23. The highest BCUT2D eigenvalue weighted by Gasteiger charge is 2.26. The van der Waals surface area contributed by atoms with Crippen LogP contribution in [0.25, 0.3) is 118 Å². The van der Waals surface area contributed by atoms with Gasteiger partial charge in [0.15, 0.2) is 0 Å². The van der Waals surface area contributed by atoms with Crippen LogP contribution in [0.3, 0.4) is 0 Å². The van der Waals surface area contributed by atoms with Crippen LogP contribution in [0.2, 0.25) is 0 Å². The molecule has 270 valence electrons. The van der Waals surface area contributed by atoms with Crippen LogP contribution < -0.4 is 0 Å². The Hall–Kier alpha value is -6.98. The number of benzene rings is 9. The molecule has 0 saturated heterocycles. The van der Waals surface area contributed by atoms with Crippen molar-refractivity contribution in [2.75, 3.05) is 0 Å². The lowest BCUT2D eigenvalue weighted by Gasteiger charge is -2.11. The van der Waals surface area contributed by atoms with Crippen LogP contribution in [0.5, 0.6) is 0 Å². The van der Waals surface area contributed by atoms with Crippen molar-refractivity contribution in [3.05, 3.63) is 194 Å². The molecule has 58 heavy (non-hydrogen) atoms. The van der Waals surface area contributed by atoms with Crippen molar-refractivity contribution >= 4 is 96.1 Å². The Labute approximate surface area is 341 Å². The summed E-state index contributed by atoms with van der Waals surface area (Å²) in [6.07, 6.45) is 0. The summed E-state index contributed by atoms with van der Waals surface area (Å²) in [5.74, 6) is 0. The van der Waals surface area contributed by atoms with Crippen LogP contribution in [0.4, 0.5) is 0 Å². The summed E-state index contributed by atoms with van der Waals surface area (Å²) in [6, 6.07) is 71.5. The maximum Gasteiger partial charge on any atom is 0.0736 e. The predicted molar refractivity (Wildman–Crippen MR) is 251 cm³/mol. The van der Waals surface area contributed by atoms with Crippen molar-refractivity contribution in [1.29, 1.82) is 0 Å². The molecule has 0 amide bonds. The maximum absolute atomic E-state index is 2.56. The fourth-order valence-electron chi connectivity index (χ4n) is 9.63. The quantitative estimate of drug-likeness (QED) is 0.158. The number of aromatic nitrogens is 2. The van der Waals surface area contributed by atoms with Gasteiger partial charge in [-0.25, -0.2) is 0 Å². The van der Waals surface area contributed by atoms with Gasteiger partial charge in [-0.2, -0.15) is 0 Å². The molecule has 0 fully saturated rings. The lowest BCUT2D eigenvalue weighted by atomic mass is 9.93. The Balaban J connectivity index is 1.21. The topological polar surface area (TPSA) is 8.82 Å². The van der Waals surface area contributed by atoms with E-state index in [0.717, 1.165) is 0 Å². The number of rotatable bonds is 4. The number of hydrogen-bond donors (Lipinski definition) is 0. The minimum absolute atomic E-state index is 1.23. The van der Waals surface area contributed by atoms with Crippen LogP contribution in [-0.4, -0.2) is 8.80 Å². The van der Waals surface area contributed by atoms with Crippen LogP contribution >= 0.6 is 22.7 Å². The van der Waals surface area contributed by atoms with E-state index in [9.17, 15) is 0 Å². The first kappa shape index (κ1) is 32.1. The van der Waals surface area contributed by atoms with Crippen molar-refractivity contribution in [2.45, 2.75) is 0 Å². The van der Waals surface area contributed by atoms with E-state index < -0.39 is 0 Å². The third-order valence-corrected chi connectivity index (χ3v) is 14.4. The number of hydrogen-bond acceptors (Lipinski definition) is 2. The molecule has 0 unspecified atom stereocenters. The van der Waals surface area contributed by atoms with Gasteiger partial charge in [-0.05, 0) is 93.0 Å². The molecule has 2 nitrogen and oxygen atoms in total. The molecular weight excluding hydrogens is 741 g/mol. The van der Waals surface area contributed by atoms with Gasteiger partial charge in [-0.3, -0.25) is 0 Å². The van der Waals surface area contributed by atoms with Gasteiger partial charge in [-0.15, -0.1) is 22.7 Å². The molecule has 0 saturated carbocycles. The fourth-order valence-corrected chi connectivity index (χ4v) is 12.1. The molecule has 4 aromatic heterocycles. The summed E-state index contributed by atoms with van der Waals surface area (Å²) in [5.41, 5.74) is 17.4. The van der Waals surface area contributed by atoms with E-state index in [1.165, 1.54) is 118 Å². The summed E-state index contributed by atoms with van der Waals surface area (Å²) in [7, 11) is 0. The van der Waals surface area contributed by atoms with Gasteiger partial charge in [0.05, 0.1) is 51.9 Å². The third-order valence-electron chi connectivity index (χ3n) is 12.1. The standard InChI is InChI=1S/C54H32N2S2/c1-3-15-33(16-4-1)37-19-7-9-21-39(37)35-27-29-43-41(31-35)49-51-54(58-47-25-13-11-23-45(47)55(43)51)50-42-32-36(40-22-10-8-20-38(40)34-17-5-2-6-18-34)28-30-44(42)56-46-24-12-14-26-48(46)57-53(49)52(50)56/h1-32H. The second-order valence-electron chi connectivity index (χ2n) is 15.2. The predicted octanol–water partition coefficient (Wildman–Crippen LogP) is 15.9. The Bertz CT molecular complexity index is 3540. The highest BCUT2D eigenvalue weighted by atomic mass is 32.1. The van der Waals surface area contributed by atoms with Gasteiger partial charge < -0.3 is 8.80 Å². The van der Waals surface area contributed by atoms with Crippen molar-refractivity contribution in [3.8, 4) is 44.5 Å². The second kappa shape index (κ2) is 12.3. The Morgan fingerprint density at radius 2 is 0.655 bits per heavy atom. The Morgan fingerprint density at radius 1 is 0.293 bits per heavy atom. The minimum Gasteiger partial charge on any atom is -0.306 e. The molecule has 0 bridgehead atoms. The van der Waals surface area contributed by atoms with E-state index in [1.54, 1.807) is 0 Å². The van der Waals surface area contributed by atoms with Crippen LogP contribution in [0, 0.1) is 0 Å². The van der Waals surface area contributed by atoms with E-state index in [1.807, 2.05) is 22.7 Å². The molecule has 13 aromatic rings. The summed E-state index contributed by atoms with van der Waals surface area (Å²) in [4.78, 5) is 0. The van der Waals surface area contributed by atoms with E-state index in [2.05, 4.69) is 203 Å². The van der Waals surface area contributed by atoms with Crippen LogP contribution in [0.15, 0.2) is 194 Å². The molecule has 4 heterocycles. The summed E-state index contributed by atoms with van der Waals surface area (Å²) in [6.45, 7) is 0. The maximum atomic E-state index is 2.56. The first-order chi connectivity index (χ1) is 28.8. The monoisotopic (exact) mass is 772 g/mol. The van der Waals surface area contributed by atoms with Crippen LogP contribution in [-0.2, 0) is 0 Å². The van der Waals surface area contributed by atoms with Crippen molar-refractivity contribution in [3.63, 3.8) is 0 Å². The highest BCUT2D eigenvalue weighted by Crippen LogP contribution is 2.51. The van der Waals surface area contributed by atoms with Gasteiger partial charge in [0.1, 0.15) is 0 Å². The SMILES string of the molecule is c1ccc(-c2ccccc2-c2ccc3c(c2)c2c4sc5ccccc5n5c6ccc(-c7ccccc7-c7ccccc7)cc6c(c6sc7ccccc7n3c62)c45)cc1. The summed E-state index contributed by atoms with van der Waals surface area (Å²) >= 11 is 3.86. The molecule has 4 heteroatoms. The van der Waals surface area contributed by atoms with E-state index in [4.69, 9.17) is 0 Å². The first-order valence-corrected chi connectivity index (χ1v) is 21.4. The van der Waals surface area contributed by atoms with Crippen LogP contribution in [0.1, 0.15) is 0 Å². The van der Waals surface area contributed by atoms with Crippen molar-refractivity contribution < 1.29 is 0 Å². The molecule has 13 rings (SSSR count). The van der Waals surface area contributed by atoms with E-state index in [0.29, 0.717) is 0 Å². The van der Waals surface area contributed by atoms with Crippen molar-refractivity contribution in [2.24, 2.45) is 0 Å². The Kier molecular flexibility index (Phi) is 6.79. The summed E-state index contributed by atoms with van der Waals surface area (Å²) < 4.78 is 10.3. The van der Waals surface area contributed by atoms with Gasteiger partial charge in [0, 0.05) is 21.5 Å². The zero-order valence-corrected chi connectivity index (χ0v) is 32.8. The number of nitrogens with zero attached hydrogens (tertiary/aromatic N) is 2. The second-order valence-corrected chi connectivity index (χ2v) is 17.3. The van der Waals surface area contributed by atoms with Crippen molar-refractivity contribution in [1.82, 2.24) is 8.80 Å². The van der Waals surface area contributed by atoms with Gasteiger partial charge in [0.2, 0.25) is 0 Å². The summed E-state index contributed by atoms with van der Waals surface area (Å²) in [5, 5.41) is 5.23. The first-order valence-electron chi connectivity index (χ1n) is 19.8. The normalized spacial score (nSPS) is 12.1. The number of para-hydroxylation sites is 2. The molecule has 0 aliphatic carbocycles. The smallest absolute Gasteiger partial charge is 0.0736 e. The molecule has 9 aromatic carbocycles. The Morgan fingerprint density at radius 3 is 1.09 bits per heavy atom. The zero-order valence-electron chi connectivity index (χ0n) is 31.2. The van der Waals surface area contributed by atoms with Gasteiger partial charge in [0.25, 0.3) is 0 Å². The van der Waals surface area contributed by atoms with E-state index in [-0.39, 0.29) is 0 Å². The highest BCUT2D eigenvalue weighted by molar-refractivity contribution is 7.27. The molecule has 0 N–H and O–H groups in total. The van der Waals surface area contributed by atoms with Gasteiger partial charge in [-0.1, -0.05) is 146 Å². The lowest BCUT2D eigenvalue weighted by molar-refractivity contribution is 1.35. The largest absolute Gasteiger partial charge is 0.306 e.